The van der Waals surface area contributed by atoms with E-state index in [-0.39, 0.29) is 18.2 Å². The molecule has 0 aromatic heterocycles. The van der Waals surface area contributed by atoms with Crippen LogP contribution in [0.1, 0.15) is 51.9 Å². The average molecular weight is 283 g/mol. The second-order valence-electron chi connectivity index (χ2n) is 6.43. The molecule has 0 aromatic rings. The highest BCUT2D eigenvalue weighted by Crippen LogP contribution is 2.31. The molecule has 2 unspecified atom stereocenters. The Morgan fingerprint density at radius 3 is 2.65 bits per heavy atom. The van der Waals surface area contributed by atoms with E-state index in [4.69, 9.17) is 9.84 Å². The summed E-state index contributed by atoms with van der Waals surface area (Å²) in [7, 11) is 0. The fourth-order valence-electron chi connectivity index (χ4n) is 3.42. The van der Waals surface area contributed by atoms with Gasteiger partial charge in [-0.25, -0.2) is 0 Å². The summed E-state index contributed by atoms with van der Waals surface area (Å²) in [4.78, 5) is 23.3. The van der Waals surface area contributed by atoms with Crippen molar-refractivity contribution >= 4 is 11.9 Å². The average Bonchev–Trinajstić information content (AvgIpc) is 3.00. The predicted octanol–water partition coefficient (Wildman–Crippen LogP) is 1.95. The van der Waals surface area contributed by atoms with Crippen molar-refractivity contribution in [3.8, 4) is 0 Å². The van der Waals surface area contributed by atoms with Crippen LogP contribution in [-0.2, 0) is 14.3 Å². The van der Waals surface area contributed by atoms with Gasteiger partial charge < -0.3 is 15.2 Å². The van der Waals surface area contributed by atoms with E-state index in [0.717, 1.165) is 6.42 Å². The Balaban J connectivity index is 1.88. The van der Waals surface area contributed by atoms with Gasteiger partial charge in [0.2, 0.25) is 5.91 Å². The first kappa shape index (κ1) is 15.3. The minimum Gasteiger partial charge on any atom is -0.481 e. The molecule has 1 amide bonds. The number of hydrogen-bond acceptors (Lipinski definition) is 3. The largest absolute Gasteiger partial charge is 0.481 e. The Hall–Kier alpha value is -1.10. The van der Waals surface area contributed by atoms with Gasteiger partial charge in [-0.15, -0.1) is 0 Å². The summed E-state index contributed by atoms with van der Waals surface area (Å²) in [5.74, 6) is -0.307. The molecule has 0 radical (unpaired) electrons. The number of ether oxygens (including phenoxy) is 1. The zero-order valence-corrected chi connectivity index (χ0v) is 12.2. The van der Waals surface area contributed by atoms with Gasteiger partial charge >= 0.3 is 5.97 Å². The summed E-state index contributed by atoms with van der Waals surface area (Å²) in [6.07, 6.45) is 6.43. The minimum atomic E-state index is -0.890. The van der Waals surface area contributed by atoms with Gasteiger partial charge in [0.15, 0.2) is 0 Å². The summed E-state index contributed by atoms with van der Waals surface area (Å²) in [5.41, 5.74) is -0.702. The van der Waals surface area contributed by atoms with Crippen molar-refractivity contribution in [3.05, 3.63) is 0 Å². The van der Waals surface area contributed by atoms with Crippen LogP contribution in [0.25, 0.3) is 0 Å². The number of carbonyl (C=O) groups excluding carboxylic acids is 1. The van der Waals surface area contributed by atoms with E-state index in [1.54, 1.807) is 0 Å². The molecule has 0 aromatic carbocycles. The van der Waals surface area contributed by atoms with E-state index in [1.807, 2.05) is 6.92 Å². The molecule has 0 bridgehead atoms. The zero-order valence-electron chi connectivity index (χ0n) is 12.2. The van der Waals surface area contributed by atoms with Crippen LogP contribution in [0.5, 0.6) is 0 Å². The fourth-order valence-corrected chi connectivity index (χ4v) is 3.42. The molecule has 5 heteroatoms. The van der Waals surface area contributed by atoms with Gasteiger partial charge in [0, 0.05) is 12.5 Å². The lowest BCUT2D eigenvalue weighted by Crippen LogP contribution is -2.52. The van der Waals surface area contributed by atoms with Gasteiger partial charge in [0.05, 0.1) is 18.6 Å². The number of rotatable bonds is 6. The Morgan fingerprint density at radius 1 is 1.40 bits per heavy atom. The molecule has 114 valence electrons. The third-order valence-corrected chi connectivity index (χ3v) is 4.59. The standard InChI is InChI=1S/C15H25NO4/c1-11(8-12-4-2-3-5-12)14(19)16-15(9-13(17)18)6-7-20-10-15/h11-12H,2-10H2,1H3,(H,16,19)(H,17,18). The number of aliphatic carboxylic acids is 1. The SMILES string of the molecule is CC(CC1CCCC1)C(=O)NC1(CC(=O)O)CCOC1. The van der Waals surface area contributed by atoms with Crippen molar-refractivity contribution in [2.75, 3.05) is 13.2 Å². The number of amides is 1. The smallest absolute Gasteiger partial charge is 0.305 e. The maximum atomic E-state index is 12.3. The lowest BCUT2D eigenvalue weighted by Gasteiger charge is -2.29. The molecule has 1 aliphatic heterocycles. The second-order valence-corrected chi connectivity index (χ2v) is 6.43. The first-order valence-corrected chi connectivity index (χ1v) is 7.62. The number of carboxylic acids is 1. The third kappa shape index (κ3) is 3.95. The van der Waals surface area contributed by atoms with Gasteiger partial charge in [-0.3, -0.25) is 9.59 Å². The number of carbonyl (C=O) groups is 2. The van der Waals surface area contributed by atoms with Crippen LogP contribution >= 0.6 is 0 Å². The Kier molecular flexibility index (Phi) is 5.02. The van der Waals surface area contributed by atoms with Crippen molar-refractivity contribution in [2.24, 2.45) is 11.8 Å². The maximum absolute atomic E-state index is 12.3. The Morgan fingerprint density at radius 2 is 2.10 bits per heavy atom. The van der Waals surface area contributed by atoms with Crippen LogP contribution in [0.3, 0.4) is 0 Å². The number of carboxylic acid groups (broad SMARTS) is 1. The van der Waals surface area contributed by atoms with Gasteiger partial charge in [-0.1, -0.05) is 32.6 Å². The third-order valence-electron chi connectivity index (χ3n) is 4.59. The number of hydrogen-bond donors (Lipinski definition) is 2. The summed E-state index contributed by atoms with van der Waals surface area (Å²) in [6.45, 7) is 2.77. The molecule has 1 saturated heterocycles. The molecule has 5 nitrogen and oxygen atoms in total. The van der Waals surface area contributed by atoms with Crippen LogP contribution in [0, 0.1) is 11.8 Å². The van der Waals surface area contributed by atoms with Gasteiger partial charge in [0.25, 0.3) is 0 Å². The molecule has 1 heterocycles. The quantitative estimate of drug-likeness (QED) is 0.781. The monoisotopic (exact) mass is 283 g/mol. The van der Waals surface area contributed by atoms with Crippen LogP contribution in [0.15, 0.2) is 0 Å². The lowest BCUT2D eigenvalue weighted by atomic mass is 9.90. The number of nitrogens with one attached hydrogen (secondary N) is 1. The molecule has 2 rings (SSSR count). The highest BCUT2D eigenvalue weighted by Gasteiger charge is 2.39. The fraction of sp³-hybridized carbons (Fsp3) is 0.867. The van der Waals surface area contributed by atoms with Crippen LogP contribution in [-0.4, -0.2) is 35.7 Å². The predicted molar refractivity (Wildman–Crippen MR) is 74.3 cm³/mol. The van der Waals surface area contributed by atoms with Crippen LogP contribution in [0.4, 0.5) is 0 Å². The van der Waals surface area contributed by atoms with Gasteiger partial charge in [-0.2, -0.15) is 0 Å². The molecular weight excluding hydrogens is 258 g/mol. The topological polar surface area (TPSA) is 75.6 Å². The van der Waals surface area contributed by atoms with Gasteiger partial charge in [0.1, 0.15) is 0 Å². The lowest BCUT2D eigenvalue weighted by molar-refractivity contribution is -0.139. The van der Waals surface area contributed by atoms with Crippen molar-refractivity contribution in [3.63, 3.8) is 0 Å². The summed E-state index contributed by atoms with van der Waals surface area (Å²) < 4.78 is 5.30. The Bertz CT molecular complexity index is 357. The van der Waals surface area contributed by atoms with E-state index in [9.17, 15) is 9.59 Å². The van der Waals surface area contributed by atoms with Gasteiger partial charge in [-0.05, 0) is 18.8 Å². The summed E-state index contributed by atoms with van der Waals surface area (Å²) in [6, 6.07) is 0. The van der Waals surface area contributed by atoms with E-state index < -0.39 is 11.5 Å². The van der Waals surface area contributed by atoms with E-state index in [2.05, 4.69) is 5.32 Å². The van der Waals surface area contributed by atoms with Crippen molar-refractivity contribution in [2.45, 2.75) is 57.4 Å². The summed E-state index contributed by atoms with van der Waals surface area (Å²) in [5, 5.41) is 12.0. The van der Waals surface area contributed by atoms with Crippen LogP contribution < -0.4 is 5.32 Å². The molecule has 2 aliphatic rings. The maximum Gasteiger partial charge on any atom is 0.305 e. The molecule has 2 N–H and O–H groups in total. The molecule has 1 aliphatic carbocycles. The second kappa shape index (κ2) is 6.57. The first-order valence-electron chi connectivity index (χ1n) is 7.62. The van der Waals surface area contributed by atoms with E-state index >= 15 is 0 Å². The van der Waals surface area contributed by atoms with Crippen molar-refractivity contribution in [1.29, 1.82) is 0 Å². The molecule has 0 spiro atoms. The first-order chi connectivity index (χ1) is 9.51. The van der Waals surface area contributed by atoms with Crippen LogP contribution in [0.2, 0.25) is 0 Å². The molecular formula is C15H25NO4. The van der Waals surface area contributed by atoms with E-state index in [0.29, 0.717) is 25.6 Å². The summed E-state index contributed by atoms with van der Waals surface area (Å²) >= 11 is 0. The molecule has 1 saturated carbocycles. The highest BCUT2D eigenvalue weighted by atomic mass is 16.5. The molecule has 2 atom stereocenters. The molecule has 2 fully saturated rings. The Labute approximate surface area is 120 Å². The molecule has 20 heavy (non-hydrogen) atoms. The normalized spacial score (nSPS) is 28.4. The van der Waals surface area contributed by atoms with E-state index in [1.165, 1.54) is 25.7 Å². The van der Waals surface area contributed by atoms with Crippen molar-refractivity contribution < 1.29 is 19.4 Å². The van der Waals surface area contributed by atoms with Crippen molar-refractivity contribution in [1.82, 2.24) is 5.32 Å². The highest BCUT2D eigenvalue weighted by molar-refractivity contribution is 5.80. The minimum absolute atomic E-state index is 0.0244. The zero-order chi connectivity index (χ0) is 14.6.